The second-order valence-electron chi connectivity index (χ2n) is 4.02. The topological polar surface area (TPSA) is 46.3 Å². The number of nitrogens with zero attached hydrogens (tertiary/aromatic N) is 1. The van der Waals surface area contributed by atoms with Crippen molar-refractivity contribution in [3.8, 4) is 0 Å². The van der Waals surface area contributed by atoms with Gasteiger partial charge in [-0.15, -0.1) is 0 Å². The van der Waals surface area contributed by atoms with Gasteiger partial charge in [-0.2, -0.15) is 0 Å². The highest BCUT2D eigenvalue weighted by molar-refractivity contribution is 5.81. The van der Waals surface area contributed by atoms with Crippen LogP contribution in [0.25, 0.3) is 0 Å². The Hall–Kier alpha value is -0.570. The summed E-state index contributed by atoms with van der Waals surface area (Å²) < 4.78 is 0. The molecule has 0 saturated heterocycles. The van der Waals surface area contributed by atoms with E-state index in [4.69, 9.17) is 5.73 Å². The van der Waals surface area contributed by atoms with E-state index in [1.807, 2.05) is 25.7 Å². The zero-order chi connectivity index (χ0) is 11.1. The molecular formula is C11H24N2O. The predicted molar refractivity (Wildman–Crippen MR) is 60.0 cm³/mol. The minimum Gasteiger partial charge on any atom is -0.339 e. The first kappa shape index (κ1) is 13.4. The van der Waals surface area contributed by atoms with E-state index in [0.717, 1.165) is 25.8 Å². The summed E-state index contributed by atoms with van der Waals surface area (Å²) in [6.45, 7) is 9.01. The van der Waals surface area contributed by atoms with Crippen molar-refractivity contribution in [3.63, 3.8) is 0 Å². The molecular weight excluding hydrogens is 176 g/mol. The first-order chi connectivity index (χ1) is 6.54. The number of hydrogen-bond donors (Lipinski definition) is 1. The molecule has 1 atom stereocenters. The minimum atomic E-state index is -0.311. The summed E-state index contributed by atoms with van der Waals surface area (Å²) in [6, 6.07) is -0.0562. The molecule has 0 aliphatic rings. The van der Waals surface area contributed by atoms with Crippen molar-refractivity contribution in [3.05, 3.63) is 0 Å². The molecule has 0 aliphatic carbocycles. The number of rotatable bonds is 6. The number of carbonyl (C=O) groups is 1. The van der Waals surface area contributed by atoms with Crippen LogP contribution in [0.3, 0.4) is 0 Å². The van der Waals surface area contributed by atoms with Gasteiger partial charge in [-0.1, -0.05) is 20.3 Å². The van der Waals surface area contributed by atoms with Crippen LogP contribution in [0.5, 0.6) is 0 Å². The first-order valence-corrected chi connectivity index (χ1v) is 5.60. The molecule has 0 spiro atoms. The lowest BCUT2D eigenvalue weighted by Gasteiger charge is -2.28. The summed E-state index contributed by atoms with van der Waals surface area (Å²) in [5, 5.41) is 0. The van der Waals surface area contributed by atoms with Gasteiger partial charge in [-0.25, -0.2) is 0 Å². The Labute approximate surface area is 87.6 Å². The molecule has 14 heavy (non-hydrogen) atoms. The lowest BCUT2D eigenvalue weighted by molar-refractivity contribution is -0.134. The predicted octanol–water partition coefficient (Wildman–Crippen LogP) is 1.76. The molecule has 0 fully saturated rings. The number of amides is 1. The third kappa shape index (κ3) is 4.09. The molecule has 3 heteroatoms. The summed E-state index contributed by atoms with van der Waals surface area (Å²) in [6.07, 6.45) is 2.74. The molecule has 2 N–H and O–H groups in total. The van der Waals surface area contributed by atoms with Gasteiger partial charge in [0.05, 0.1) is 6.04 Å². The smallest absolute Gasteiger partial charge is 0.239 e. The second kappa shape index (κ2) is 6.82. The highest BCUT2D eigenvalue weighted by Crippen LogP contribution is 2.05. The molecule has 0 aromatic heterocycles. The van der Waals surface area contributed by atoms with Gasteiger partial charge in [0.1, 0.15) is 0 Å². The van der Waals surface area contributed by atoms with E-state index in [1.54, 1.807) is 0 Å². The number of nitrogens with two attached hydrogens (primary N) is 1. The fraction of sp³-hybridized carbons (Fsp3) is 0.909. The van der Waals surface area contributed by atoms with E-state index in [0.29, 0.717) is 0 Å². The van der Waals surface area contributed by atoms with Crippen LogP contribution >= 0.6 is 0 Å². The molecule has 84 valence electrons. The number of hydrogen-bond acceptors (Lipinski definition) is 2. The summed E-state index contributed by atoms with van der Waals surface area (Å²) in [4.78, 5) is 13.7. The summed E-state index contributed by atoms with van der Waals surface area (Å²) in [7, 11) is 0. The highest BCUT2D eigenvalue weighted by atomic mass is 16.2. The molecule has 0 heterocycles. The normalized spacial score (nSPS) is 13.0. The van der Waals surface area contributed by atoms with Gasteiger partial charge in [-0.3, -0.25) is 4.79 Å². The van der Waals surface area contributed by atoms with E-state index in [9.17, 15) is 4.79 Å². The molecule has 1 amide bonds. The van der Waals surface area contributed by atoms with Crippen LogP contribution in [0.1, 0.15) is 47.0 Å². The van der Waals surface area contributed by atoms with Crippen molar-refractivity contribution < 1.29 is 4.79 Å². The van der Waals surface area contributed by atoms with Gasteiger partial charge in [-0.05, 0) is 26.7 Å². The van der Waals surface area contributed by atoms with Crippen molar-refractivity contribution in [2.24, 2.45) is 5.73 Å². The van der Waals surface area contributed by atoms with Gasteiger partial charge in [0.25, 0.3) is 0 Å². The summed E-state index contributed by atoms with van der Waals surface area (Å²) >= 11 is 0. The van der Waals surface area contributed by atoms with Crippen molar-refractivity contribution in [1.82, 2.24) is 4.90 Å². The molecule has 0 bridgehead atoms. The molecule has 0 radical (unpaired) electrons. The first-order valence-electron chi connectivity index (χ1n) is 5.60. The standard InChI is InChI=1S/C11H24N2O/c1-5-7-10(12)11(14)13(8-6-2)9(3)4/h9-10H,5-8,12H2,1-4H3. The molecule has 0 saturated carbocycles. The van der Waals surface area contributed by atoms with Crippen LogP contribution in [-0.2, 0) is 4.79 Å². The Morgan fingerprint density at radius 1 is 1.29 bits per heavy atom. The zero-order valence-corrected chi connectivity index (χ0v) is 9.92. The molecule has 1 unspecified atom stereocenters. The Morgan fingerprint density at radius 3 is 2.21 bits per heavy atom. The SMILES string of the molecule is CCCC(N)C(=O)N(CCC)C(C)C. The van der Waals surface area contributed by atoms with E-state index < -0.39 is 0 Å². The van der Waals surface area contributed by atoms with Crippen LogP contribution in [0.4, 0.5) is 0 Å². The van der Waals surface area contributed by atoms with Crippen LogP contribution in [0.15, 0.2) is 0 Å². The third-order valence-corrected chi connectivity index (χ3v) is 2.29. The molecule has 0 rings (SSSR count). The summed E-state index contributed by atoms with van der Waals surface area (Å²) in [5.41, 5.74) is 5.81. The quantitative estimate of drug-likeness (QED) is 0.710. The van der Waals surface area contributed by atoms with E-state index >= 15 is 0 Å². The molecule has 0 aliphatic heterocycles. The average Bonchev–Trinajstić information content (AvgIpc) is 2.13. The number of carbonyl (C=O) groups excluding carboxylic acids is 1. The summed E-state index contributed by atoms with van der Waals surface area (Å²) in [5.74, 6) is 0.101. The fourth-order valence-electron chi connectivity index (χ4n) is 1.51. The van der Waals surface area contributed by atoms with E-state index in [-0.39, 0.29) is 18.0 Å². The van der Waals surface area contributed by atoms with Gasteiger partial charge >= 0.3 is 0 Å². The molecule has 0 aromatic rings. The van der Waals surface area contributed by atoms with Crippen molar-refractivity contribution >= 4 is 5.91 Å². The van der Waals surface area contributed by atoms with Crippen LogP contribution in [0, 0.1) is 0 Å². The Balaban J connectivity index is 4.27. The molecule has 0 aromatic carbocycles. The van der Waals surface area contributed by atoms with Gasteiger partial charge < -0.3 is 10.6 Å². The van der Waals surface area contributed by atoms with E-state index in [1.165, 1.54) is 0 Å². The second-order valence-corrected chi connectivity index (χ2v) is 4.02. The zero-order valence-electron chi connectivity index (χ0n) is 9.92. The van der Waals surface area contributed by atoms with Crippen molar-refractivity contribution in [2.75, 3.05) is 6.54 Å². The Bertz CT molecular complexity index is 169. The average molecular weight is 200 g/mol. The van der Waals surface area contributed by atoms with Crippen molar-refractivity contribution in [2.45, 2.75) is 59.0 Å². The van der Waals surface area contributed by atoms with Crippen LogP contribution in [-0.4, -0.2) is 29.4 Å². The van der Waals surface area contributed by atoms with Gasteiger partial charge in [0.2, 0.25) is 5.91 Å². The lowest BCUT2D eigenvalue weighted by atomic mass is 10.1. The maximum Gasteiger partial charge on any atom is 0.239 e. The lowest BCUT2D eigenvalue weighted by Crippen LogP contribution is -2.47. The third-order valence-electron chi connectivity index (χ3n) is 2.29. The van der Waals surface area contributed by atoms with Gasteiger partial charge in [0, 0.05) is 12.6 Å². The van der Waals surface area contributed by atoms with Gasteiger partial charge in [0.15, 0.2) is 0 Å². The highest BCUT2D eigenvalue weighted by Gasteiger charge is 2.21. The maximum atomic E-state index is 11.9. The monoisotopic (exact) mass is 200 g/mol. The molecule has 3 nitrogen and oxygen atoms in total. The maximum absolute atomic E-state index is 11.9. The van der Waals surface area contributed by atoms with E-state index in [2.05, 4.69) is 6.92 Å². The van der Waals surface area contributed by atoms with Crippen LogP contribution in [0.2, 0.25) is 0 Å². The largest absolute Gasteiger partial charge is 0.339 e. The fourth-order valence-corrected chi connectivity index (χ4v) is 1.51. The minimum absolute atomic E-state index is 0.101. The van der Waals surface area contributed by atoms with Crippen molar-refractivity contribution in [1.29, 1.82) is 0 Å². The Morgan fingerprint density at radius 2 is 1.86 bits per heavy atom. The van der Waals surface area contributed by atoms with Crippen LogP contribution < -0.4 is 5.73 Å². The Kier molecular flexibility index (Phi) is 6.54.